The lowest BCUT2D eigenvalue weighted by molar-refractivity contribution is -0.143. The van der Waals surface area contributed by atoms with E-state index in [9.17, 15) is 22.4 Å². The first-order valence-electron chi connectivity index (χ1n) is 7.22. The maximum atomic E-state index is 13.5. The zero-order valence-electron chi connectivity index (χ0n) is 13.1. The number of hydrogen-bond donors (Lipinski definition) is 1. The van der Waals surface area contributed by atoms with Crippen LogP contribution in [0.1, 0.15) is 16.2 Å². The second kappa shape index (κ2) is 7.16. The number of carbonyl (C=O) groups excluding carboxylic acids is 1. The zero-order valence-corrected chi connectivity index (χ0v) is 14.6. The first kappa shape index (κ1) is 19.1. The number of alkyl halides is 3. The second-order valence-electron chi connectivity index (χ2n) is 5.26. The Hall–Kier alpha value is -2.65. The molecule has 11 heteroatoms. The van der Waals surface area contributed by atoms with Crippen LogP contribution in [0.3, 0.4) is 0 Å². The summed E-state index contributed by atoms with van der Waals surface area (Å²) in [6.45, 7) is 0. The minimum atomic E-state index is -4.97. The summed E-state index contributed by atoms with van der Waals surface area (Å²) < 4.78 is 54.3. The number of rotatable bonds is 3. The Balaban J connectivity index is 2.02. The van der Waals surface area contributed by atoms with Gasteiger partial charge in [0.2, 0.25) is 0 Å². The highest BCUT2D eigenvalue weighted by atomic mass is 35.5. The maximum absolute atomic E-state index is 13.5. The molecule has 3 aromatic rings. The van der Waals surface area contributed by atoms with Gasteiger partial charge in [0.05, 0.1) is 15.7 Å². The van der Waals surface area contributed by atoms with Gasteiger partial charge in [-0.25, -0.2) is 9.07 Å². The van der Waals surface area contributed by atoms with Crippen molar-refractivity contribution < 1.29 is 22.4 Å². The topological polar surface area (TPSA) is 59.8 Å². The molecule has 0 aliphatic rings. The molecule has 1 amide bonds. The molecule has 0 bridgehead atoms. The van der Waals surface area contributed by atoms with Crippen LogP contribution in [0.4, 0.5) is 23.2 Å². The van der Waals surface area contributed by atoms with Crippen molar-refractivity contribution in [3.63, 3.8) is 0 Å². The van der Waals surface area contributed by atoms with E-state index in [1.54, 1.807) is 0 Å². The van der Waals surface area contributed by atoms with Gasteiger partial charge in [0, 0.05) is 5.69 Å². The van der Waals surface area contributed by atoms with Crippen molar-refractivity contribution in [3.8, 4) is 5.69 Å². The molecule has 0 radical (unpaired) electrons. The van der Waals surface area contributed by atoms with Gasteiger partial charge < -0.3 is 5.32 Å². The van der Waals surface area contributed by atoms with Crippen molar-refractivity contribution in [1.29, 1.82) is 0 Å². The van der Waals surface area contributed by atoms with Crippen LogP contribution in [-0.2, 0) is 6.18 Å². The molecule has 0 fully saturated rings. The molecule has 140 valence electrons. The second-order valence-corrected chi connectivity index (χ2v) is 6.07. The average molecular weight is 419 g/mol. The summed E-state index contributed by atoms with van der Waals surface area (Å²) in [4.78, 5) is 12.3. The van der Waals surface area contributed by atoms with E-state index in [-0.39, 0.29) is 21.4 Å². The van der Waals surface area contributed by atoms with Crippen molar-refractivity contribution in [3.05, 3.63) is 69.7 Å². The van der Waals surface area contributed by atoms with E-state index in [0.717, 1.165) is 12.1 Å². The number of aromatic nitrogens is 3. The highest BCUT2D eigenvalue weighted by Crippen LogP contribution is 2.33. The lowest BCUT2D eigenvalue weighted by Gasteiger charge is -2.11. The molecular formula is C16H8Cl2F4N4O. The monoisotopic (exact) mass is 418 g/mol. The minimum absolute atomic E-state index is 0.105. The normalized spacial score (nSPS) is 11.5. The summed E-state index contributed by atoms with van der Waals surface area (Å²) in [5, 5.41) is 9.24. The average Bonchev–Trinajstić information content (AvgIpc) is 3.04. The Labute approximate surface area is 159 Å². The Bertz CT molecular complexity index is 1020. The van der Waals surface area contributed by atoms with Gasteiger partial charge in [-0.15, -0.1) is 5.10 Å². The van der Waals surface area contributed by atoms with E-state index in [1.165, 1.54) is 30.3 Å². The molecule has 1 heterocycles. The van der Waals surface area contributed by atoms with E-state index >= 15 is 0 Å². The van der Waals surface area contributed by atoms with Gasteiger partial charge in [-0.3, -0.25) is 4.79 Å². The lowest BCUT2D eigenvalue weighted by Crippen LogP contribution is -2.21. The predicted octanol–water partition coefficient (Wildman–Crippen LogP) is 4.98. The first-order chi connectivity index (χ1) is 12.7. The van der Waals surface area contributed by atoms with E-state index in [4.69, 9.17) is 23.2 Å². The molecule has 0 aliphatic carbocycles. The molecule has 0 saturated carbocycles. The fourth-order valence-electron chi connectivity index (χ4n) is 2.24. The number of anilines is 1. The van der Waals surface area contributed by atoms with Crippen molar-refractivity contribution >= 4 is 34.8 Å². The third-order valence-corrected chi connectivity index (χ3v) is 4.12. The van der Waals surface area contributed by atoms with Gasteiger partial charge in [-0.05, 0) is 36.4 Å². The van der Waals surface area contributed by atoms with Gasteiger partial charge in [-0.1, -0.05) is 34.5 Å². The Morgan fingerprint density at radius 3 is 2.44 bits per heavy atom. The molecule has 0 aliphatic heterocycles. The fourth-order valence-corrected chi connectivity index (χ4v) is 2.54. The van der Waals surface area contributed by atoms with E-state index in [0.29, 0.717) is 4.68 Å². The van der Waals surface area contributed by atoms with Crippen LogP contribution < -0.4 is 5.32 Å². The molecule has 0 atom stereocenters. The van der Waals surface area contributed by atoms with Crippen LogP contribution in [0, 0.1) is 5.82 Å². The number of carbonyl (C=O) groups is 1. The number of amides is 1. The van der Waals surface area contributed by atoms with Gasteiger partial charge >= 0.3 is 6.18 Å². The van der Waals surface area contributed by atoms with Crippen LogP contribution in [0.15, 0.2) is 42.5 Å². The number of hydrogen-bond acceptors (Lipinski definition) is 3. The number of benzene rings is 2. The molecule has 2 aromatic carbocycles. The van der Waals surface area contributed by atoms with Crippen LogP contribution in [0.5, 0.6) is 0 Å². The van der Waals surface area contributed by atoms with E-state index in [2.05, 4.69) is 15.6 Å². The smallest absolute Gasteiger partial charge is 0.320 e. The Morgan fingerprint density at radius 2 is 1.81 bits per heavy atom. The van der Waals surface area contributed by atoms with Gasteiger partial charge in [0.15, 0.2) is 11.4 Å². The molecule has 3 rings (SSSR count). The van der Waals surface area contributed by atoms with Crippen molar-refractivity contribution in [1.82, 2.24) is 15.0 Å². The molecular weight excluding hydrogens is 411 g/mol. The number of halogens is 6. The summed E-state index contributed by atoms with van der Waals surface area (Å²) in [6, 6.07) is 8.31. The van der Waals surface area contributed by atoms with E-state index in [1.807, 2.05) is 0 Å². The quantitative estimate of drug-likeness (QED) is 0.609. The van der Waals surface area contributed by atoms with Gasteiger partial charge in [0.1, 0.15) is 5.82 Å². The molecule has 0 spiro atoms. The van der Waals surface area contributed by atoms with E-state index < -0.39 is 29.3 Å². The number of nitrogens with zero attached hydrogens (tertiary/aromatic N) is 3. The summed E-state index contributed by atoms with van der Waals surface area (Å²) in [5.74, 6) is -1.93. The Morgan fingerprint density at radius 1 is 1.07 bits per heavy atom. The molecule has 1 N–H and O–H groups in total. The third kappa shape index (κ3) is 4.04. The van der Waals surface area contributed by atoms with Gasteiger partial charge in [-0.2, -0.15) is 13.2 Å². The van der Waals surface area contributed by atoms with Crippen LogP contribution in [0.25, 0.3) is 5.69 Å². The van der Waals surface area contributed by atoms with Crippen LogP contribution in [-0.4, -0.2) is 20.9 Å². The molecule has 27 heavy (non-hydrogen) atoms. The lowest BCUT2D eigenvalue weighted by atomic mass is 10.2. The van der Waals surface area contributed by atoms with Crippen LogP contribution >= 0.6 is 23.2 Å². The zero-order chi connectivity index (χ0) is 19.8. The molecule has 0 saturated heterocycles. The fraction of sp³-hybridized carbons (Fsp3) is 0.0625. The molecule has 1 aromatic heterocycles. The SMILES string of the molecule is O=C(Nc1ccc(Cl)c(Cl)c1)c1nnn(-c2cccc(F)c2)c1C(F)(F)F. The predicted molar refractivity (Wildman–Crippen MR) is 90.7 cm³/mol. The summed E-state index contributed by atoms with van der Waals surface area (Å²) in [6.07, 6.45) is -4.97. The minimum Gasteiger partial charge on any atom is -0.320 e. The largest absolute Gasteiger partial charge is 0.435 e. The Kier molecular flexibility index (Phi) is 5.07. The summed E-state index contributed by atoms with van der Waals surface area (Å²) in [5.41, 5.74) is -2.53. The van der Waals surface area contributed by atoms with Crippen molar-refractivity contribution in [2.45, 2.75) is 6.18 Å². The maximum Gasteiger partial charge on any atom is 0.435 e. The van der Waals surface area contributed by atoms with Gasteiger partial charge in [0.25, 0.3) is 5.91 Å². The van der Waals surface area contributed by atoms with Crippen LogP contribution in [0.2, 0.25) is 10.0 Å². The highest BCUT2D eigenvalue weighted by molar-refractivity contribution is 6.42. The molecule has 0 unspecified atom stereocenters. The summed E-state index contributed by atoms with van der Waals surface area (Å²) in [7, 11) is 0. The third-order valence-electron chi connectivity index (χ3n) is 3.38. The highest BCUT2D eigenvalue weighted by Gasteiger charge is 2.42. The summed E-state index contributed by atoms with van der Waals surface area (Å²) >= 11 is 11.6. The molecule has 5 nitrogen and oxygen atoms in total. The van der Waals surface area contributed by atoms with Crippen molar-refractivity contribution in [2.24, 2.45) is 0 Å². The van der Waals surface area contributed by atoms with Crippen molar-refractivity contribution in [2.75, 3.05) is 5.32 Å². The first-order valence-corrected chi connectivity index (χ1v) is 7.97. The number of nitrogens with one attached hydrogen (secondary N) is 1. The standard InChI is InChI=1S/C16H8Cl2F4N4O/c17-11-5-4-9(7-12(11)18)23-15(27)13-14(16(20,21)22)26(25-24-13)10-3-1-2-8(19)6-10/h1-7H,(H,23,27).